The summed E-state index contributed by atoms with van der Waals surface area (Å²) in [6, 6.07) is 14.6. The van der Waals surface area contributed by atoms with Gasteiger partial charge in [-0.05, 0) is 55.0 Å². The molecule has 0 radical (unpaired) electrons. The maximum absolute atomic E-state index is 10.2. The first-order chi connectivity index (χ1) is 14.4. The lowest BCUT2D eigenvalue weighted by Crippen LogP contribution is -2.33. The highest BCUT2D eigenvalue weighted by molar-refractivity contribution is 5.53. The SMILES string of the molecule is CCc1ccc(Cc2cc(C3CC(O)CC(CO)O3)cc(OC(C)C)c2C#N)cc1. The lowest BCUT2D eigenvalue weighted by atomic mass is 9.91. The highest BCUT2D eigenvalue weighted by Gasteiger charge is 2.30. The van der Waals surface area contributed by atoms with E-state index in [4.69, 9.17) is 9.47 Å². The summed E-state index contributed by atoms with van der Waals surface area (Å²) >= 11 is 0. The predicted molar refractivity (Wildman–Crippen MR) is 115 cm³/mol. The van der Waals surface area contributed by atoms with E-state index in [1.54, 1.807) is 0 Å². The lowest BCUT2D eigenvalue weighted by molar-refractivity contribution is -0.113. The number of nitrogens with zero attached hydrogens (tertiary/aromatic N) is 1. The van der Waals surface area contributed by atoms with E-state index in [2.05, 4.69) is 37.3 Å². The molecule has 2 aromatic carbocycles. The van der Waals surface area contributed by atoms with Gasteiger partial charge < -0.3 is 19.7 Å². The third-order valence-electron chi connectivity index (χ3n) is 5.46. The average molecular weight is 410 g/mol. The van der Waals surface area contributed by atoms with E-state index in [1.165, 1.54) is 5.56 Å². The van der Waals surface area contributed by atoms with Gasteiger partial charge in [0.15, 0.2) is 0 Å². The summed E-state index contributed by atoms with van der Waals surface area (Å²) in [6.45, 7) is 5.86. The number of rotatable bonds is 7. The van der Waals surface area contributed by atoms with Crippen molar-refractivity contribution >= 4 is 0 Å². The fourth-order valence-corrected chi connectivity index (χ4v) is 3.93. The molecule has 5 nitrogen and oxygen atoms in total. The number of nitriles is 1. The number of ether oxygens (including phenoxy) is 2. The molecule has 0 spiro atoms. The van der Waals surface area contributed by atoms with E-state index < -0.39 is 12.2 Å². The Morgan fingerprint density at radius 1 is 1.17 bits per heavy atom. The summed E-state index contributed by atoms with van der Waals surface area (Å²) in [7, 11) is 0. The van der Waals surface area contributed by atoms with E-state index in [-0.39, 0.29) is 18.8 Å². The Morgan fingerprint density at radius 2 is 1.87 bits per heavy atom. The number of benzene rings is 2. The molecular formula is C25H31NO4. The van der Waals surface area contributed by atoms with Crippen molar-refractivity contribution in [1.82, 2.24) is 0 Å². The molecule has 0 amide bonds. The molecule has 0 bridgehead atoms. The van der Waals surface area contributed by atoms with Crippen LogP contribution in [0.4, 0.5) is 0 Å². The molecule has 1 heterocycles. The number of hydrogen-bond donors (Lipinski definition) is 2. The Morgan fingerprint density at radius 3 is 2.47 bits per heavy atom. The topological polar surface area (TPSA) is 82.7 Å². The van der Waals surface area contributed by atoms with Gasteiger partial charge in [0.1, 0.15) is 11.8 Å². The summed E-state index contributed by atoms with van der Waals surface area (Å²) in [5.74, 6) is 0.536. The third-order valence-corrected chi connectivity index (χ3v) is 5.46. The predicted octanol–water partition coefficient (Wildman–Crippen LogP) is 4.07. The van der Waals surface area contributed by atoms with Crippen LogP contribution in [0.1, 0.15) is 67.5 Å². The molecular weight excluding hydrogens is 378 g/mol. The van der Waals surface area contributed by atoms with Crippen molar-refractivity contribution in [3.63, 3.8) is 0 Å². The van der Waals surface area contributed by atoms with Crippen LogP contribution >= 0.6 is 0 Å². The first kappa shape index (κ1) is 22.3. The maximum atomic E-state index is 10.2. The molecule has 2 N–H and O–H groups in total. The van der Waals surface area contributed by atoms with Gasteiger partial charge in [-0.2, -0.15) is 5.26 Å². The zero-order valence-electron chi connectivity index (χ0n) is 18.0. The Labute approximate surface area is 178 Å². The molecule has 3 atom stereocenters. The van der Waals surface area contributed by atoms with Crippen molar-refractivity contribution in [1.29, 1.82) is 5.26 Å². The molecule has 3 rings (SSSR count). The molecule has 0 aliphatic carbocycles. The van der Waals surface area contributed by atoms with Gasteiger partial charge in [0.05, 0.1) is 36.6 Å². The van der Waals surface area contributed by atoms with Crippen molar-refractivity contribution in [2.45, 2.75) is 70.9 Å². The van der Waals surface area contributed by atoms with E-state index in [0.29, 0.717) is 30.6 Å². The van der Waals surface area contributed by atoms with Crippen LogP contribution in [0, 0.1) is 11.3 Å². The van der Waals surface area contributed by atoms with Crippen LogP contribution < -0.4 is 4.74 Å². The van der Waals surface area contributed by atoms with Crippen molar-refractivity contribution in [3.8, 4) is 11.8 Å². The molecule has 1 aliphatic rings. The first-order valence-electron chi connectivity index (χ1n) is 10.7. The molecule has 2 aromatic rings. The second-order valence-corrected chi connectivity index (χ2v) is 8.23. The minimum atomic E-state index is -0.531. The fourth-order valence-electron chi connectivity index (χ4n) is 3.93. The Bertz CT molecular complexity index is 885. The van der Waals surface area contributed by atoms with Gasteiger partial charge in [-0.1, -0.05) is 37.3 Å². The molecule has 0 aromatic heterocycles. The quantitative estimate of drug-likeness (QED) is 0.720. The van der Waals surface area contributed by atoms with Crippen LogP contribution in [0.2, 0.25) is 0 Å². The summed E-state index contributed by atoms with van der Waals surface area (Å²) < 4.78 is 12.0. The fraction of sp³-hybridized carbons (Fsp3) is 0.480. The first-order valence-corrected chi connectivity index (χ1v) is 10.7. The van der Waals surface area contributed by atoms with Crippen molar-refractivity contribution < 1.29 is 19.7 Å². The van der Waals surface area contributed by atoms with E-state index >= 15 is 0 Å². The molecule has 0 saturated carbocycles. The maximum Gasteiger partial charge on any atom is 0.138 e. The van der Waals surface area contributed by atoms with Gasteiger partial charge in [0, 0.05) is 12.8 Å². The van der Waals surface area contributed by atoms with Gasteiger partial charge in [-0.15, -0.1) is 0 Å². The van der Waals surface area contributed by atoms with Gasteiger partial charge in [-0.3, -0.25) is 0 Å². The standard InChI is InChI=1S/C25H31NO4/c1-4-17-5-7-18(8-6-17)9-19-10-20(11-25(23(19)14-26)29-16(2)3)24-13-21(28)12-22(15-27)30-24/h5-8,10-11,16,21-22,24,27-28H,4,9,12-13,15H2,1-3H3. The zero-order chi connectivity index (χ0) is 21.7. The van der Waals surface area contributed by atoms with Crippen molar-refractivity contribution in [2.24, 2.45) is 0 Å². The molecule has 5 heteroatoms. The zero-order valence-corrected chi connectivity index (χ0v) is 18.0. The summed E-state index contributed by atoms with van der Waals surface area (Å²) in [5.41, 5.74) is 4.66. The summed E-state index contributed by atoms with van der Waals surface area (Å²) in [4.78, 5) is 0. The molecule has 30 heavy (non-hydrogen) atoms. The number of aliphatic hydroxyl groups excluding tert-OH is 2. The molecule has 3 unspecified atom stereocenters. The number of aryl methyl sites for hydroxylation is 1. The van der Waals surface area contributed by atoms with Gasteiger partial charge in [-0.25, -0.2) is 0 Å². The summed E-state index contributed by atoms with van der Waals surface area (Å²) in [5, 5.41) is 29.6. The van der Waals surface area contributed by atoms with Gasteiger partial charge >= 0.3 is 0 Å². The van der Waals surface area contributed by atoms with Crippen molar-refractivity contribution in [3.05, 3.63) is 64.2 Å². The van der Waals surface area contributed by atoms with Crippen LogP contribution in [0.3, 0.4) is 0 Å². The smallest absolute Gasteiger partial charge is 0.138 e. The lowest BCUT2D eigenvalue weighted by Gasteiger charge is -2.33. The van der Waals surface area contributed by atoms with Crippen LogP contribution in [0.15, 0.2) is 36.4 Å². The Hall–Kier alpha value is -2.39. The molecule has 1 saturated heterocycles. The largest absolute Gasteiger partial charge is 0.490 e. The highest BCUT2D eigenvalue weighted by atomic mass is 16.5. The van der Waals surface area contributed by atoms with E-state index in [1.807, 2.05) is 26.0 Å². The monoisotopic (exact) mass is 409 g/mol. The van der Waals surface area contributed by atoms with Crippen LogP contribution in [0.25, 0.3) is 0 Å². The second-order valence-electron chi connectivity index (χ2n) is 8.23. The number of hydrogen-bond acceptors (Lipinski definition) is 5. The van der Waals surface area contributed by atoms with E-state index in [9.17, 15) is 15.5 Å². The molecule has 1 aliphatic heterocycles. The normalized spacial score (nSPS) is 21.4. The molecule has 1 fully saturated rings. The van der Waals surface area contributed by atoms with Gasteiger partial charge in [0.2, 0.25) is 0 Å². The van der Waals surface area contributed by atoms with Crippen molar-refractivity contribution in [2.75, 3.05) is 6.61 Å². The Kier molecular flexibility index (Phi) is 7.49. The minimum Gasteiger partial charge on any atom is -0.490 e. The summed E-state index contributed by atoms with van der Waals surface area (Å²) in [6.07, 6.45) is 1.11. The molecule has 160 valence electrons. The third kappa shape index (κ3) is 5.40. The van der Waals surface area contributed by atoms with Crippen LogP contribution in [-0.2, 0) is 17.6 Å². The van der Waals surface area contributed by atoms with Gasteiger partial charge in [0.25, 0.3) is 0 Å². The number of aliphatic hydroxyl groups is 2. The second kappa shape index (κ2) is 10.1. The highest BCUT2D eigenvalue weighted by Crippen LogP contribution is 2.36. The van der Waals surface area contributed by atoms with E-state index in [0.717, 1.165) is 23.1 Å². The van der Waals surface area contributed by atoms with Crippen LogP contribution in [-0.4, -0.2) is 35.1 Å². The Balaban J connectivity index is 2.00. The minimum absolute atomic E-state index is 0.0768. The average Bonchev–Trinajstić information content (AvgIpc) is 2.73. The van der Waals surface area contributed by atoms with Crippen LogP contribution in [0.5, 0.6) is 5.75 Å².